The molecule has 9 nitrogen and oxygen atoms in total. The molecule has 5 rings (SSSR count). The van der Waals surface area contributed by atoms with Crippen molar-refractivity contribution in [3.05, 3.63) is 106 Å². The summed E-state index contributed by atoms with van der Waals surface area (Å²) in [7, 11) is 4.81. The van der Waals surface area contributed by atoms with Crippen LogP contribution in [0.1, 0.15) is 51.3 Å². The topological polar surface area (TPSA) is 108 Å². The van der Waals surface area contributed by atoms with Crippen molar-refractivity contribution in [1.29, 1.82) is 0 Å². The average Bonchev–Trinajstić information content (AvgIpc) is 3.66. The number of anilines is 1. The summed E-state index contributed by atoms with van der Waals surface area (Å²) in [6.07, 6.45) is 4.96. The van der Waals surface area contributed by atoms with Crippen LogP contribution in [0.2, 0.25) is 0 Å². The van der Waals surface area contributed by atoms with E-state index >= 15 is 0 Å². The molecule has 1 aliphatic carbocycles. The van der Waals surface area contributed by atoms with E-state index in [-0.39, 0.29) is 35.5 Å². The van der Waals surface area contributed by atoms with Crippen LogP contribution in [0.4, 0.5) is 5.69 Å². The number of esters is 2. The Bertz CT molecular complexity index is 1740. The third-order valence-corrected chi connectivity index (χ3v) is 8.97. The van der Waals surface area contributed by atoms with Crippen LogP contribution in [0, 0.1) is 11.8 Å². The molecule has 242 valence electrons. The van der Waals surface area contributed by atoms with Gasteiger partial charge in [0.25, 0.3) is 5.91 Å². The molecule has 0 bridgehead atoms. The summed E-state index contributed by atoms with van der Waals surface area (Å²) in [5.74, 6) is 0.0881. The maximum absolute atomic E-state index is 13.1. The zero-order valence-electron chi connectivity index (χ0n) is 26.3. The van der Waals surface area contributed by atoms with Crippen molar-refractivity contribution in [2.75, 3.05) is 26.2 Å². The first kappa shape index (κ1) is 33.2. The molecule has 1 saturated carbocycles. The lowest BCUT2D eigenvalue weighted by Crippen LogP contribution is -2.30. The van der Waals surface area contributed by atoms with Crippen LogP contribution in [0.5, 0.6) is 23.0 Å². The Labute approximate surface area is 277 Å². The van der Waals surface area contributed by atoms with E-state index in [0.29, 0.717) is 70.4 Å². The van der Waals surface area contributed by atoms with E-state index in [2.05, 4.69) is 0 Å². The van der Waals surface area contributed by atoms with Gasteiger partial charge in [-0.1, -0.05) is 6.07 Å². The van der Waals surface area contributed by atoms with E-state index < -0.39 is 0 Å². The molecule has 0 aliphatic heterocycles. The number of ketones is 1. The summed E-state index contributed by atoms with van der Waals surface area (Å²) in [4.78, 5) is 53.6. The SMILES string of the molecule is COc1ccc(N(C)C(=O)c2ccc(OC(=O)C3CCC(C(=O)Oc4ccc(OC)cc4/C=C/C(=O)c4cccs4)CC3)cc2)cc1. The van der Waals surface area contributed by atoms with Crippen molar-refractivity contribution >= 4 is 46.7 Å². The molecular weight excluding hydrogens is 618 g/mol. The number of methoxy groups -OCH3 is 2. The Morgan fingerprint density at radius 3 is 1.94 bits per heavy atom. The number of ether oxygens (including phenoxy) is 4. The fourth-order valence-electron chi connectivity index (χ4n) is 5.28. The zero-order valence-corrected chi connectivity index (χ0v) is 27.2. The molecule has 4 aromatic rings. The third-order valence-electron chi connectivity index (χ3n) is 8.08. The predicted molar refractivity (Wildman–Crippen MR) is 180 cm³/mol. The number of thiophene rings is 1. The number of hydrogen-bond acceptors (Lipinski definition) is 9. The molecule has 0 unspecified atom stereocenters. The van der Waals surface area contributed by atoms with Gasteiger partial charge in [0.15, 0.2) is 5.78 Å². The molecule has 0 spiro atoms. The summed E-state index contributed by atoms with van der Waals surface area (Å²) < 4.78 is 21.9. The van der Waals surface area contributed by atoms with Gasteiger partial charge < -0.3 is 23.8 Å². The minimum atomic E-state index is -0.388. The standard InChI is InChI=1S/C37H35NO8S/c1-38(28-13-17-29(43-2)18-14-28)35(40)24-10-15-30(16-11-24)45-36(41)25-6-8-26(9-7-25)37(42)46-33-21-19-31(44-3)23-27(33)12-20-32(39)34-5-4-22-47-34/h4-5,10-23,25-26H,6-9H2,1-3H3/b20-12+. The van der Waals surface area contributed by atoms with Gasteiger partial charge in [-0.25, -0.2) is 0 Å². The highest BCUT2D eigenvalue weighted by atomic mass is 32.1. The monoisotopic (exact) mass is 653 g/mol. The van der Waals surface area contributed by atoms with Gasteiger partial charge in [-0.2, -0.15) is 0 Å². The summed E-state index contributed by atoms with van der Waals surface area (Å²) in [5, 5.41) is 1.83. The number of nitrogens with zero attached hydrogens (tertiary/aromatic N) is 1. The maximum Gasteiger partial charge on any atom is 0.314 e. The van der Waals surface area contributed by atoms with Crippen LogP contribution < -0.4 is 23.8 Å². The quantitative estimate of drug-likeness (QED) is 0.0721. The Hall–Kier alpha value is -5.22. The molecule has 1 fully saturated rings. The van der Waals surface area contributed by atoms with Crippen molar-refractivity contribution in [3.8, 4) is 23.0 Å². The van der Waals surface area contributed by atoms with Crippen molar-refractivity contribution in [3.63, 3.8) is 0 Å². The lowest BCUT2D eigenvalue weighted by Gasteiger charge is -2.26. The lowest BCUT2D eigenvalue weighted by atomic mass is 9.82. The first-order valence-electron chi connectivity index (χ1n) is 15.1. The van der Waals surface area contributed by atoms with Gasteiger partial charge in [0.2, 0.25) is 0 Å². The van der Waals surface area contributed by atoms with Gasteiger partial charge in [0.1, 0.15) is 23.0 Å². The van der Waals surface area contributed by atoms with Crippen LogP contribution in [0.25, 0.3) is 6.08 Å². The Balaban J connectivity index is 1.13. The number of amides is 1. The van der Waals surface area contributed by atoms with E-state index in [0.717, 1.165) is 0 Å². The summed E-state index contributed by atoms with van der Waals surface area (Å²) in [6.45, 7) is 0. The van der Waals surface area contributed by atoms with E-state index in [1.54, 1.807) is 93.0 Å². The highest BCUT2D eigenvalue weighted by Crippen LogP contribution is 2.33. The van der Waals surface area contributed by atoms with Crippen LogP contribution in [-0.2, 0) is 9.59 Å². The number of carbonyl (C=O) groups is 4. The number of benzene rings is 3. The molecular formula is C37H35NO8S. The Morgan fingerprint density at radius 2 is 1.34 bits per heavy atom. The Morgan fingerprint density at radius 1 is 0.745 bits per heavy atom. The molecule has 1 aliphatic rings. The number of carbonyl (C=O) groups excluding carboxylic acids is 4. The van der Waals surface area contributed by atoms with Crippen LogP contribution in [0.15, 0.2) is 90.3 Å². The highest BCUT2D eigenvalue weighted by Gasteiger charge is 2.32. The number of allylic oxidation sites excluding steroid dienone is 1. The highest BCUT2D eigenvalue weighted by molar-refractivity contribution is 7.12. The fourth-order valence-corrected chi connectivity index (χ4v) is 5.93. The molecule has 3 aromatic carbocycles. The Kier molecular flexibility index (Phi) is 10.8. The molecule has 47 heavy (non-hydrogen) atoms. The zero-order chi connectivity index (χ0) is 33.3. The molecule has 0 radical (unpaired) electrons. The number of hydrogen-bond donors (Lipinski definition) is 0. The van der Waals surface area contributed by atoms with Gasteiger partial charge in [0, 0.05) is 23.9 Å². The predicted octanol–water partition coefficient (Wildman–Crippen LogP) is 7.26. The summed E-state index contributed by atoms with van der Waals surface area (Å²) in [5.41, 5.74) is 1.71. The average molecular weight is 654 g/mol. The van der Waals surface area contributed by atoms with E-state index in [9.17, 15) is 19.2 Å². The van der Waals surface area contributed by atoms with Crippen LogP contribution in [0.3, 0.4) is 0 Å². The van der Waals surface area contributed by atoms with E-state index in [1.807, 2.05) is 11.4 Å². The second-order valence-electron chi connectivity index (χ2n) is 11.1. The fraction of sp³-hybridized carbons (Fsp3) is 0.243. The van der Waals surface area contributed by atoms with Crippen molar-refractivity contribution < 1.29 is 38.1 Å². The second kappa shape index (κ2) is 15.4. The van der Waals surface area contributed by atoms with Gasteiger partial charge in [-0.05, 0) is 116 Å². The van der Waals surface area contributed by atoms with Crippen molar-refractivity contribution in [2.45, 2.75) is 25.7 Å². The lowest BCUT2D eigenvalue weighted by molar-refractivity contribution is -0.145. The molecule has 0 saturated heterocycles. The van der Waals surface area contributed by atoms with E-state index in [4.69, 9.17) is 18.9 Å². The molecule has 1 heterocycles. The van der Waals surface area contributed by atoms with Crippen LogP contribution >= 0.6 is 11.3 Å². The number of rotatable bonds is 11. The minimum absolute atomic E-state index is 0.146. The largest absolute Gasteiger partial charge is 0.497 e. The first-order valence-corrected chi connectivity index (χ1v) is 16.0. The van der Waals surface area contributed by atoms with Gasteiger partial charge in [0.05, 0.1) is 30.9 Å². The molecule has 10 heteroatoms. The summed E-state index contributed by atoms with van der Waals surface area (Å²) in [6, 6.07) is 22.2. The second-order valence-corrected chi connectivity index (χ2v) is 12.0. The van der Waals surface area contributed by atoms with Crippen molar-refractivity contribution in [2.24, 2.45) is 11.8 Å². The molecule has 0 N–H and O–H groups in total. The molecule has 1 amide bonds. The molecule has 1 aromatic heterocycles. The summed E-state index contributed by atoms with van der Waals surface area (Å²) >= 11 is 1.35. The maximum atomic E-state index is 13.1. The van der Waals surface area contributed by atoms with Crippen LogP contribution in [-0.4, -0.2) is 44.9 Å². The van der Waals surface area contributed by atoms with E-state index in [1.165, 1.54) is 29.4 Å². The van der Waals surface area contributed by atoms with Crippen molar-refractivity contribution in [1.82, 2.24) is 0 Å². The first-order chi connectivity index (χ1) is 22.7. The normalized spacial score (nSPS) is 15.9. The van der Waals surface area contributed by atoms with Gasteiger partial charge >= 0.3 is 11.9 Å². The van der Waals surface area contributed by atoms with Gasteiger partial charge in [-0.3, -0.25) is 19.2 Å². The third kappa shape index (κ3) is 8.33. The smallest absolute Gasteiger partial charge is 0.314 e. The van der Waals surface area contributed by atoms with Gasteiger partial charge in [-0.15, -0.1) is 11.3 Å². The molecule has 0 atom stereocenters. The minimum Gasteiger partial charge on any atom is -0.497 e.